The van der Waals surface area contributed by atoms with Gasteiger partial charge in [-0.3, -0.25) is 25.8 Å². The number of rotatable bonds is 5. The number of methoxy groups -OCH3 is 2. The van der Waals surface area contributed by atoms with E-state index in [-0.39, 0.29) is 5.11 Å². The molecule has 0 unspecified atom stereocenters. The summed E-state index contributed by atoms with van der Waals surface area (Å²) in [6.07, 6.45) is 4.30. The molecular weight excluding hydrogens is 370 g/mol. The quantitative estimate of drug-likeness (QED) is 0.408. The van der Waals surface area contributed by atoms with Gasteiger partial charge in [-0.2, -0.15) is 0 Å². The lowest BCUT2D eigenvalue weighted by Crippen LogP contribution is -2.48. The van der Waals surface area contributed by atoms with Crippen molar-refractivity contribution in [1.29, 1.82) is 0 Å². The number of aryl methyl sites for hydroxylation is 1. The standard InChI is InChI=1S/C18H19N3O5S/c1-11-13(8-9-26-11)17(23)20-21-18(27)19-16(22)7-5-12-4-6-14(24-2)15(10-12)25-3/h4-10H,1-3H3,(H,20,23)(H2,19,21,22,27). The molecule has 0 saturated heterocycles. The van der Waals surface area contributed by atoms with Crippen molar-refractivity contribution in [2.75, 3.05) is 14.2 Å². The van der Waals surface area contributed by atoms with E-state index in [4.69, 9.17) is 26.1 Å². The number of nitrogens with one attached hydrogen (secondary N) is 3. The van der Waals surface area contributed by atoms with Crippen molar-refractivity contribution in [2.45, 2.75) is 6.92 Å². The molecule has 0 radical (unpaired) electrons. The molecule has 1 heterocycles. The van der Waals surface area contributed by atoms with Gasteiger partial charge in [0.2, 0.25) is 5.91 Å². The molecule has 0 spiro atoms. The third-order valence-electron chi connectivity index (χ3n) is 3.46. The summed E-state index contributed by atoms with van der Waals surface area (Å²) in [7, 11) is 3.07. The summed E-state index contributed by atoms with van der Waals surface area (Å²) in [5.74, 6) is 0.722. The number of hydrogen-bond donors (Lipinski definition) is 3. The Labute approximate surface area is 161 Å². The molecule has 0 aliphatic heterocycles. The zero-order valence-corrected chi connectivity index (χ0v) is 15.8. The Bertz CT molecular complexity index is 876. The van der Waals surface area contributed by atoms with Crippen LogP contribution in [0.3, 0.4) is 0 Å². The van der Waals surface area contributed by atoms with Gasteiger partial charge in [-0.25, -0.2) is 0 Å². The number of ether oxygens (including phenoxy) is 2. The minimum Gasteiger partial charge on any atom is -0.493 e. The maximum absolute atomic E-state index is 11.9. The number of benzene rings is 1. The highest BCUT2D eigenvalue weighted by atomic mass is 32.1. The van der Waals surface area contributed by atoms with Crippen molar-refractivity contribution >= 4 is 35.2 Å². The molecule has 1 aromatic heterocycles. The summed E-state index contributed by atoms with van der Waals surface area (Å²) < 4.78 is 15.4. The Hall–Kier alpha value is -3.33. The average Bonchev–Trinajstić information content (AvgIpc) is 3.10. The van der Waals surface area contributed by atoms with E-state index in [9.17, 15) is 9.59 Å². The van der Waals surface area contributed by atoms with Gasteiger partial charge in [-0.1, -0.05) is 6.07 Å². The number of furan rings is 1. The molecule has 142 valence electrons. The lowest BCUT2D eigenvalue weighted by atomic mass is 10.2. The summed E-state index contributed by atoms with van der Waals surface area (Å²) >= 11 is 4.96. The summed E-state index contributed by atoms with van der Waals surface area (Å²) in [6.45, 7) is 1.66. The number of carbonyl (C=O) groups excluding carboxylic acids is 2. The summed E-state index contributed by atoms with van der Waals surface area (Å²) in [5.41, 5.74) is 5.93. The third kappa shape index (κ3) is 5.58. The van der Waals surface area contributed by atoms with Crippen molar-refractivity contribution in [3.8, 4) is 11.5 Å². The van der Waals surface area contributed by atoms with Crippen molar-refractivity contribution < 1.29 is 23.5 Å². The molecule has 9 heteroatoms. The maximum Gasteiger partial charge on any atom is 0.273 e. The highest BCUT2D eigenvalue weighted by Crippen LogP contribution is 2.27. The molecule has 8 nitrogen and oxygen atoms in total. The Morgan fingerprint density at radius 2 is 1.85 bits per heavy atom. The normalized spacial score (nSPS) is 10.3. The first-order chi connectivity index (χ1) is 12.9. The predicted molar refractivity (Wildman–Crippen MR) is 103 cm³/mol. The molecule has 3 N–H and O–H groups in total. The molecule has 27 heavy (non-hydrogen) atoms. The van der Waals surface area contributed by atoms with Crippen LogP contribution in [-0.2, 0) is 4.79 Å². The Balaban J connectivity index is 1.86. The van der Waals surface area contributed by atoms with Gasteiger partial charge in [0.25, 0.3) is 5.91 Å². The van der Waals surface area contributed by atoms with E-state index in [0.717, 1.165) is 5.56 Å². The lowest BCUT2D eigenvalue weighted by molar-refractivity contribution is -0.115. The molecular formula is C18H19N3O5S. The highest BCUT2D eigenvalue weighted by Gasteiger charge is 2.11. The van der Waals surface area contributed by atoms with Gasteiger partial charge in [0.15, 0.2) is 16.6 Å². The maximum atomic E-state index is 11.9. The van der Waals surface area contributed by atoms with Gasteiger partial charge in [-0.05, 0) is 49.0 Å². The number of amides is 2. The van der Waals surface area contributed by atoms with Crippen LogP contribution in [0.15, 0.2) is 41.0 Å². The van der Waals surface area contributed by atoms with Crippen LogP contribution >= 0.6 is 12.2 Å². The summed E-state index contributed by atoms with van der Waals surface area (Å²) in [5, 5.41) is 2.37. The lowest BCUT2D eigenvalue weighted by Gasteiger charge is -2.09. The minimum absolute atomic E-state index is 0.0496. The molecule has 0 atom stereocenters. The van der Waals surface area contributed by atoms with Gasteiger partial charge in [0.1, 0.15) is 5.76 Å². The molecule has 0 fully saturated rings. The summed E-state index contributed by atoms with van der Waals surface area (Å²) in [6, 6.07) is 6.76. The van der Waals surface area contributed by atoms with Gasteiger partial charge in [0.05, 0.1) is 26.0 Å². The number of carbonyl (C=O) groups is 2. The van der Waals surface area contributed by atoms with Gasteiger partial charge < -0.3 is 13.9 Å². The van der Waals surface area contributed by atoms with Crippen LogP contribution in [0.4, 0.5) is 0 Å². The van der Waals surface area contributed by atoms with E-state index in [0.29, 0.717) is 22.8 Å². The second kappa shape index (κ2) is 9.39. The van der Waals surface area contributed by atoms with Crippen LogP contribution in [0.5, 0.6) is 11.5 Å². The van der Waals surface area contributed by atoms with Crippen molar-refractivity contribution in [3.63, 3.8) is 0 Å². The molecule has 0 bridgehead atoms. The van der Waals surface area contributed by atoms with Gasteiger partial charge >= 0.3 is 0 Å². The largest absolute Gasteiger partial charge is 0.493 e. The monoisotopic (exact) mass is 389 g/mol. The fourth-order valence-corrected chi connectivity index (χ4v) is 2.27. The van der Waals surface area contributed by atoms with E-state index < -0.39 is 11.8 Å². The first-order valence-electron chi connectivity index (χ1n) is 7.80. The van der Waals surface area contributed by atoms with Crippen molar-refractivity contribution in [3.05, 3.63) is 53.5 Å². The van der Waals surface area contributed by atoms with Crippen LogP contribution in [0, 0.1) is 6.92 Å². The topological polar surface area (TPSA) is 102 Å². The molecule has 0 aliphatic rings. The summed E-state index contributed by atoms with van der Waals surface area (Å²) in [4.78, 5) is 23.8. The minimum atomic E-state index is -0.462. The predicted octanol–water partition coefficient (Wildman–Crippen LogP) is 1.95. The zero-order valence-electron chi connectivity index (χ0n) is 15.0. The van der Waals surface area contributed by atoms with Gasteiger partial charge in [0, 0.05) is 6.08 Å². The SMILES string of the molecule is COc1ccc(C=CC(=O)NC(=S)NNC(=O)c2ccoc2C)cc1OC. The first kappa shape index (κ1) is 20.0. The van der Waals surface area contributed by atoms with E-state index in [1.54, 1.807) is 38.3 Å². The Morgan fingerprint density at radius 3 is 2.48 bits per heavy atom. The van der Waals surface area contributed by atoms with Crippen molar-refractivity contribution in [1.82, 2.24) is 16.2 Å². The fraction of sp³-hybridized carbons (Fsp3) is 0.167. The molecule has 2 amide bonds. The molecule has 0 saturated carbocycles. The molecule has 1 aromatic carbocycles. The van der Waals surface area contributed by atoms with Crippen LogP contribution in [0.1, 0.15) is 21.7 Å². The fourth-order valence-electron chi connectivity index (χ4n) is 2.11. The number of hydrogen-bond acceptors (Lipinski definition) is 6. The Kier molecular flexibility index (Phi) is 6.95. The first-order valence-corrected chi connectivity index (χ1v) is 8.21. The van der Waals surface area contributed by atoms with E-state index in [1.807, 2.05) is 0 Å². The second-order valence-corrected chi connectivity index (χ2v) is 5.64. The molecule has 2 rings (SSSR count). The highest BCUT2D eigenvalue weighted by molar-refractivity contribution is 7.80. The van der Waals surface area contributed by atoms with E-state index in [2.05, 4.69) is 16.2 Å². The van der Waals surface area contributed by atoms with Crippen LogP contribution in [0.25, 0.3) is 6.08 Å². The van der Waals surface area contributed by atoms with E-state index in [1.165, 1.54) is 25.5 Å². The smallest absolute Gasteiger partial charge is 0.273 e. The Morgan fingerprint density at radius 1 is 1.11 bits per heavy atom. The number of hydrazine groups is 1. The second-order valence-electron chi connectivity index (χ2n) is 5.24. The van der Waals surface area contributed by atoms with Gasteiger partial charge in [-0.15, -0.1) is 0 Å². The van der Waals surface area contributed by atoms with Crippen molar-refractivity contribution in [2.24, 2.45) is 0 Å². The average molecular weight is 389 g/mol. The molecule has 0 aliphatic carbocycles. The van der Waals surface area contributed by atoms with Crippen LogP contribution in [0.2, 0.25) is 0 Å². The van der Waals surface area contributed by atoms with E-state index >= 15 is 0 Å². The molecule has 2 aromatic rings. The third-order valence-corrected chi connectivity index (χ3v) is 3.67. The van der Waals surface area contributed by atoms with Crippen LogP contribution < -0.4 is 25.6 Å². The number of thiocarbonyl (C=S) groups is 1. The van der Waals surface area contributed by atoms with Crippen LogP contribution in [-0.4, -0.2) is 31.1 Å². The zero-order chi connectivity index (χ0) is 19.8.